The third-order valence-corrected chi connectivity index (χ3v) is 15.5. The van der Waals surface area contributed by atoms with E-state index in [0.717, 1.165) is 38.8 Å². The van der Waals surface area contributed by atoms with Crippen molar-refractivity contribution in [2.45, 2.75) is 118 Å². The Bertz CT molecular complexity index is 2300. The smallest absolute Gasteiger partial charge is 0.253 e. The van der Waals surface area contributed by atoms with E-state index in [1.165, 1.54) is 25.6 Å². The molecule has 63 heavy (non-hydrogen) atoms. The molecule has 0 bridgehead atoms. The summed E-state index contributed by atoms with van der Waals surface area (Å²) >= 11 is 1.43. The lowest BCUT2D eigenvalue weighted by Gasteiger charge is -2.62. The fourth-order valence-corrected chi connectivity index (χ4v) is 12.1. The molecule has 3 saturated carbocycles. The first-order chi connectivity index (χ1) is 29.9. The summed E-state index contributed by atoms with van der Waals surface area (Å²) in [4.78, 5) is 78.1. The summed E-state index contributed by atoms with van der Waals surface area (Å²) in [6, 6.07) is 12.6. The highest BCUT2D eigenvalue weighted by molar-refractivity contribution is 7.99. The molecule has 334 valence electrons. The fourth-order valence-electron chi connectivity index (χ4n) is 11.2. The van der Waals surface area contributed by atoms with E-state index in [9.17, 15) is 39.0 Å². The van der Waals surface area contributed by atoms with E-state index in [1.54, 1.807) is 18.2 Å². The number of nitrogens with zero attached hydrogens (tertiary/aromatic N) is 1. The quantitative estimate of drug-likeness (QED) is 0.139. The maximum Gasteiger partial charge on any atom is 0.253 e. The molecule has 11 atom stereocenters. The summed E-state index contributed by atoms with van der Waals surface area (Å²) in [5.74, 6) is -4.04. The van der Waals surface area contributed by atoms with Crippen molar-refractivity contribution in [1.82, 2.24) is 15.5 Å². The first kappa shape index (κ1) is 44.6. The molecule has 2 aromatic rings. The molecule has 5 N–H and O–H groups in total. The molecule has 14 nitrogen and oxygen atoms in total. The maximum atomic E-state index is 17.7. The molecule has 2 aliphatic heterocycles. The van der Waals surface area contributed by atoms with Crippen LogP contribution < -0.4 is 16.0 Å². The largest absolute Gasteiger partial charge is 0.390 e. The van der Waals surface area contributed by atoms with Gasteiger partial charge in [0.15, 0.2) is 23.3 Å². The van der Waals surface area contributed by atoms with Crippen LogP contribution >= 0.6 is 11.8 Å². The van der Waals surface area contributed by atoms with Gasteiger partial charge in [-0.05, 0) is 89.1 Å². The number of anilines is 1. The predicted octanol–water partition coefficient (Wildman–Crippen LogP) is 4.62. The first-order valence-corrected chi connectivity index (χ1v) is 22.3. The van der Waals surface area contributed by atoms with Crippen molar-refractivity contribution in [3.05, 3.63) is 90.0 Å². The van der Waals surface area contributed by atoms with Crippen LogP contribution in [-0.4, -0.2) is 99.1 Å². The lowest BCUT2D eigenvalue weighted by atomic mass is 9.44. The van der Waals surface area contributed by atoms with Gasteiger partial charge in [-0.2, -0.15) is 0 Å². The minimum Gasteiger partial charge on any atom is -0.390 e. The number of benzene rings is 2. The number of aliphatic hydroxyl groups excluding tert-OH is 2. The van der Waals surface area contributed by atoms with E-state index >= 15 is 4.39 Å². The lowest BCUT2D eigenvalue weighted by Crippen LogP contribution is -2.69. The van der Waals surface area contributed by atoms with Crippen LogP contribution in [-0.2, 0) is 38.2 Å². The average molecular weight is 885 g/mol. The van der Waals surface area contributed by atoms with E-state index in [4.69, 9.17) is 9.47 Å². The Morgan fingerprint density at radius 1 is 0.968 bits per heavy atom. The van der Waals surface area contributed by atoms with Gasteiger partial charge in [-0.1, -0.05) is 60.7 Å². The van der Waals surface area contributed by atoms with Gasteiger partial charge in [-0.25, -0.2) is 4.39 Å². The Kier molecular flexibility index (Phi) is 11.9. The van der Waals surface area contributed by atoms with Crippen molar-refractivity contribution in [3.63, 3.8) is 0 Å². The highest BCUT2D eigenvalue weighted by Crippen LogP contribution is 2.72. The highest BCUT2D eigenvalue weighted by atomic mass is 32.2. The average Bonchev–Trinajstić information content (AvgIpc) is 3.88. The summed E-state index contributed by atoms with van der Waals surface area (Å²) in [5, 5.41) is 30.1. The standard InChI is InChI=1S/C47H53FN4O10S/c1-26(49-38(56)19-21-52-39(57)17-18-40(52)58)41(59)50-27(2)42(60)51-30-9-7-10-32(22-30)63-31-14-11-28(12-15-31)43-61-37-23-34-33-16-13-29-8-5-6-20-44(29,3)46(33,48)35(54)24-45(34,4)47(37,62-43)36(55)25-53/h6-12,14-15,17-18,20,22,26-27,33-35,37,43,53-54H,5,13,16,19,21,23-25H2,1-4H3,(H,49,56)(H,50,59)(H,51,60)/t26-,27-,33-,34-,35-,37+,43+,44-,45-,46-,47+/m0/s1. The molecule has 5 amide bonds. The lowest BCUT2D eigenvalue weighted by molar-refractivity contribution is -0.231. The molecule has 8 rings (SSSR count). The molecule has 0 radical (unpaired) electrons. The van der Waals surface area contributed by atoms with Crippen LogP contribution in [0.4, 0.5) is 10.1 Å². The number of allylic oxidation sites excluding steroid dienone is 4. The number of rotatable bonds is 13. The van der Waals surface area contributed by atoms with Gasteiger partial charge in [-0.15, -0.1) is 0 Å². The Hall–Kier alpha value is -5.00. The van der Waals surface area contributed by atoms with E-state index in [0.29, 0.717) is 30.5 Å². The highest BCUT2D eigenvalue weighted by Gasteiger charge is 2.79. The van der Waals surface area contributed by atoms with Crippen LogP contribution in [0, 0.1) is 22.7 Å². The summed E-state index contributed by atoms with van der Waals surface area (Å²) in [5.41, 5.74) is -3.32. The molecule has 2 aromatic carbocycles. The van der Waals surface area contributed by atoms with Crippen LogP contribution in [0.25, 0.3) is 0 Å². The number of aliphatic hydroxyl groups is 2. The van der Waals surface area contributed by atoms with Gasteiger partial charge >= 0.3 is 0 Å². The van der Waals surface area contributed by atoms with E-state index < -0.39 is 101 Å². The number of amides is 5. The normalized spacial score (nSPS) is 33.7. The second kappa shape index (κ2) is 16.8. The monoisotopic (exact) mass is 884 g/mol. The Morgan fingerprint density at radius 3 is 2.40 bits per heavy atom. The molecule has 0 aromatic heterocycles. The molecular formula is C47H53FN4O10S. The predicted molar refractivity (Wildman–Crippen MR) is 228 cm³/mol. The maximum absolute atomic E-state index is 17.7. The molecule has 2 heterocycles. The number of Topliss-reactive ketones (excluding diaryl/α,β-unsaturated/α-hetero) is 1. The molecule has 4 aliphatic carbocycles. The zero-order chi connectivity index (χ0) is 45.1. The summed E-state index contributed by atoms with van der Waals surface area (Å²) in [6.07, 6.45) is 7.28. The SMILES string of the molecule is C[C@H](NC(=O)CCN1C(=O)C=CC1=O)C(=O)N[C@@H](C)C(=O)Nc1cccc(Sc2ccc([C@@H]3O[C@@H]4C[C@H]5[C@@H]6CCC7=CCC=C[C@]7(C)[C@@]6(F)[C@@H](O)C[C@]5(C)[C@]4(C(=O)CO)O3)cc2)c1. The van der Waals surface area contributed by atoms with E-state index in [-0.39, 0.29) is 25.3 Å². The first-order valence-electron chi connectivity index (χ1n) is 21.5. The van der Waals surface area contributed by atoms with Crippen LogP contribution in [0.1, 0.15) is 78.1 Å². The Morgan fingerprint density at radius 2 is 1.68 bits per heavy atom. The van der Waals surface area contributed by atoms with Crippen molar-refractivity contribution in [3.8, 4) is 0 Å². The van der Waals surface area contributed by atoms with Crippen LogP contribution in [0.15, 0.2) is 94.3 Å². The third-order valence-electron chi connectivity index (χ3n) is 14.5. The van der Waals surface area contributed by atoms with Crippen LogP contribution in [0.2, 0.25) is 0 Å². The van der Waals surface area contributed by atoms with E-state index in [1.807, 2.05) is 56.3 Å². The van der Waals surface area contributed by atoms with Crippen molar-refractivity contribution in [1.29, 1.82) is 0 Å². The van der Waals surface area contributed by atoms with Crippen LogP contribution in [0.3, 0.4) is 0 Å². The molecular weight excluding hydrogens is 832 g/mol. The number of halogens is 1. The summed E-state index contributed by atoms with van der Waals surface area (Å²) < 4.78 is 31.0. The minimum absolute atomic E-state index is 0.0180. The number of fused-ring (bicyclic) bond motifs is 7. The number of alkyl halides is 1. The zero-order valence-electron chi connectivity index (χ0n) is 35.6. The summed E-state index contributed by atoms with van der Waals surface area (Å²) in [6.45, 7) is 5.84. The van der Waals surface area contributed by atoms with E-state index in [2.05, 4.69) is 22.0 Å². The third kappa shape index (κ3) is 7.46. The van der Waals surface area contributed by atoms with Gasteiger partial charge in [0.25, 0.3) is 11.8 Å². The molecule has 6 aliphatic rings. The van der Waals surface area contributed by atoms with Gasteiger partial charge in [0, 0.05) is 62.9 Å². The second-order valence-corrected chi connectivity index (χ2v) is 19.1. The molecule has 0 spiro atoms. The Labute approximate surface area is 369 Å². The fraction of sp³-hybridized carbons (Fsp3) is 0.489. The number of hydrogen-bond acceptors (Lipinski definition) is 11. The number of imide groups is 1. The number of nitrogens with one attached hydrogen (secondary N) is 3. The van der Waals surface area contributed by atoms with Gasteiger partial charge in [0.2, 0.25) is 17.7 Å². The van der Waals surface area contributed by atoms with Gasteiger partial charge < -0.3 is 35.6 Å². The molecule has 0 unspecified atom stereocenters. The van der Waals surface area contributed by atoms with Gasteiger partial charge in [-0.3, -0.25) is 33.7 Å². The van der Waals surface area contributed by atoms with Crippen molar-refractivity contribution < 1.29 is 52.8 Å². The molecule has 16 heteroatoms. The topological polar surface area (TPSA) is 201 Å². The minimum atomic E-state index is -1.93. The summed E-state index contributed by atoms with van der Waals surface area (Å²) in [7, 11) is 0. The second-order valence-electron chi connectivity index (χ2n) is 18.0. The zero-order valence-corrected chi connectivity index (χ0v) is 36.4. The number of ketones is 1. The van der Waals surface area contributed by atoms with Crippen molar-refractivity contribution >= 4 is 52.8 Å². The number of ether oxygens (including phenoxy) is 2. The number of carbonyl (C=O) groups is 6. The molecule has 1 saturated heterocycles. The van der Waals surface area contributed by atoms with Gasteiger partial charge in [0.1, 0.15) is 18.7 Å². The number of carbonyl (C=O) groups excluding carboxylic acids is 6. The van der Waals surface area contributed by atoms with Crippen molar-refractivity contribution in [2.24, 2.45) is 22.7 Å². The van der Waals surface area contributed by atoms with Crippen LogP contribution in [0.5, 0.6) is 0 Å². The number of hydrogen-bond donors (Lipinski definition) is 5. The molecule has 4 fully saturated rings. The Balaban J connectivity index is 0.875. The van der Waals surface area contributed by atoms with Crippen molar-refractivity contribution in [2.75, 3.05) is 18.5 Å². The van der Waals surface area contributed by atoms with Gasteiger partial charge in [0.05, 0.1) is 12.2 Å².